The lowest BCUT2D eigenvalue weighted by molar-refractivity contribution is -0.144. The average Bonchev–Trinajstić information content (AvgIpc) is 2.81. The van der Waals surface area contributed by atoms with Crippen molar-refractivity contribution in [2.24, 2.45) is 5.73 Å². The second-order valence-corrected chi connectivity index (χ2v) is 4.29. The Morgan fingerprint density at radius 3 is 2.95 bits per heavy atom. The summed E-state index contributed by atoms with van der Waals surface area (Å²) in [4.78, 5) is 14.7. The summed E-state index contributed by atoms with van der Waals surface area (Å²) >= 11 is 0. The predicted molar refractivity (Wildman–Crippen MR) is 73.2 cm³/mol. The molecule has 0 amide bonds. The highest BCUT2D eigenvalue weighted by Crippen LogP contribution is 2.24. The number of H-pyrrole nitrogens is 1. The Morgan fingerprint density at radius 2 is 2.26 bits per heavy atom. The van der Waals surface area contributed by atoms with Crippen LogP contribution in [0.4, 0.5) is 0 Å². The van der Waals surface area contributed by atoms with Crippen LogP contribution in [0.3, 0.4) is 0 Å². The Morgan fingerprint density at radius 1 is 1.47 bits per heavy atom. The number of ether oxygens (including phenoxy) is 2. The van der Waals surface area contributed by atoms with Gasteiger partial charge in [0.15, 0.2) is 0 Å². The minimum Gasteiger partial charge on any atom is -0.497 e. The molecule has 5 heteroatoms. The fraction of sp³-hybridized carbons (Fsp3) is 0.357. The van der Waals surface area contributed by atoms with Crippen LogP contribution in [0.25, 0.3) is 10.9 Å². The molecule has 1 aromatic carbocycles. The lowest BCUT2D eigenvalue weighted by Gasteiger charge is -2.09. The van der Waals surface area contributed by atoms with Crippen molar-refractivity contribution in [3.05, 3.63) is 30.0 Å². The number of aromatic amines is 1. The van der Waals surface area contributed by atoms with E-state index in [0.29, 0.717) is 13.0 Å². The monoisotopic (exact) mass is 262 g/mol. The number of nitrogens with two attached hydrogens (primary N) is 1. The van der Waals surface area contributed by atoms with Gasteiger partial charge in [-0.1, -0.05) is 0 Å². The van der Waals surface area contributed by atoms with Gasteiger partial charge in [-0.3, -0.25) is 4.79 Å². The van der Waals surface area contributed by atoms with Crippen LogP contribution < -0.4 is 10.5 Å². The van der Waals surface area contributed by atoms with Crippen molar-refractivity contribution in [1.82, 2.24) is 4.98 Å². The molecular formula is C14H18N2O3. The number of rotatable bonds is 5. The summed E-state index contributed by atoms with van der Waals surface area (Å²) in [6, 6.07) is 5.10. The van der Waals surface area contributed by atoms with E-state index >= 15 is 0 Å². The number of hydrogen-bond donors (Lipinski definition) is 2. The zero-order chi connectivity index (χ0) is 13.8. The van der Waals surface area contributed by atoms with E-state index in [4.69, 9.17) is 15.2 Å². The molecule has 19 heavy (non-hydrogen) atoms. The van der Waals surface area contributed by atoms with Crippen LogP contribution in [-0.2, 0) is 16.0 Å². The lowest BCUT2D eigenvalue weighted by atomic mass is 10.1. The Bertz CT molecular complexity index is 577. The predicted octanol–water partition coefficient (Wildman–Crippen LogP) is 1.61. The molecule has 0 fully saturated rings. The second kappa shape index (κ2) is 5.75. The molecule has 0 aliphatic heterocycles. The van der Waals surface area contributed by atoms with E-state index in [-0.39, 0.29) is 5.97 Å². The van der Waals surface area contributed by atoms with Crippen molar-refractivity contribution >= 4 is 16.9 Å². The Kier molecular flexibility index (Phi) is 4.06. The maximum Gasteiger partial charge on any atom is 0.323 e. The third kappa shape index (κ3) is 2.88. The van der Waals surface area contributed by atoms with Crippen LogP contribution in [0, 0.1) is 0 Å². The largest absolute Gasteiger partial charge is 0.497 e. The zero-order valence-electron chi connectivity index (χ0n) is 11.1. The molecular weight excluding hydrogens is 244 g/mol. The number of esters is 1. The molecule has 0 aliphatic rings. The van der Waals surface area contributed by atoms with Crippen molar-refractivity contribution < 1.29 is 14.3 Å². The molecule has 0 bridgehead atoms. The van der Waals surface area contributed by atoms with E-state index in [1.165, 1.54) is 0 Å². The molecule has 102 valence electrons. The molecule has 2 aromatic rings. The Hall–Kier alpha value is -2.01. The number of hydrogen-bond acceptors (Lipinski definition) is 4. The summed E-state index contributed by atoms with van der Waals surface area (Å²) in [5.41, 5.74) is 7.81. The van der Waals surface area contributed by atoms with Crippen LogP contribution in [0.2, 0.25) is 0 Å². The third-order valence-electron chi connectivity index (χ3n) is 3.00. The van der Waals surface area contributed by atoms with E-state index in [2.05, 4.69) is 4.98 Å². The summed E-state index contributed by atoms with van der Waals surface area (Å²) in [7, 11) is 1.62. The first-order chi connectivity index (χ1) is 9.15. The molecule has 2 rings (SSSR count). The molecule has 0 spiro atoms. The number of methoxy groups -OCH3 is 1. The second-order valence-electron chi connectivity index (χ2n) is 4.29. The summed E-state index contributed by atoms with van der Waals surface area (Å²) in [6.45, 7) is 2.11. The van der Waals surface area contributed by atoms with Gasteiger partial charge < -0.3 is 20.2 Å². The zero-order valence-corrected chi connectivity index (χ0v) is 11.1. The van der Waals surface area contributed by atoms with Crippen LogP contribution in [0.1, 0.15) is 12.5 Å². The molecule has 5 nitrogen and oxygen atoms in total. The van der Waals surface area contributed by atoms with Crippen LogP contribution in [0.15, 0.2) is 24.4 Å². The summed E-state index contributed by atoms with van der Waals surface area (Å²) < 4.78 is 10.1. The highest BCUT2D eigenvalue weighted by molar-refractivity contribution is 5.85. The number of benzene rings is 1. The SMILES string of the molecule is CCOC(=O)C(N)Cc1c[nH]c2ccc(OC)cc12. The molecule has 0 radical (unpaired) electrons. The van der Waals surface area contributed by atoms with Gasteiger partial charge in [0.1, 0.15) is 11.8 Å². The van der Waals surface area contributed by atoms with Gasteiger partial charge in [-0.05, 0) is 30.7 Å². The fourth-order valence-corrected chi connectivity index (χ4v) is 2.02. The van der Waals surface area contributed by atoms with Gasteiger partial charge >= 0.3 is 5.97 Å². The molecule has 1 unspecified atom stereocenters. The van der Waals surface area contributed by atoms with Gasteiger partial charge in [0.2, 0.25) is 0 Å². The molecule has 0 saturated carbocycles. The number of aromatic nitrogens is 1. The number of carbonyl (C=O) groups excluding carboxylic acids is 1. The number of carbonyl (C=O) groups is 1. The number of nitrogens with one attached hydrogen (secondary N) is 1. The van der Waals surface area contributed by atoms with Crippen molar-refractivity contribution in [3.63, 3.8) is 0 Å². The molecule has 1 atom stereocenters. The molecule has 0 aliphatic carbocycles. The van der Waals surface area contributed by atoms with Gasteiger partial charge in [0, 0.05) is 23.5 Å². The fourth-order valence-electron chi connectivity index (χ4n) is 2.02. The van der Waals surface area contributed by atoms with E-state index in [1.807, 2.05) is 24.4 Å². The first kappa shape index (κ1) is 13.4. The van der Waals surface area contributed by atoms with Crippen LogP contribution in [0.5, 0.6) is 5.75 Å². The van der Waals surface area contributed by atoms with Gasteiger partial charge in [-0.15, -0.1) is 0 Å². The molecule has 1 aromatic heterocycles. The quantitative estimate of drug-likeness (QED) is 0.802. The van der Waals surface area contributed by atoms with Crippen molar-refractivity contribution in [1.29, 1.82) is 0 Å². The molecule has 1 heterocycles. The Balaban J connectivity index is 2.22. The maximum atomic E-state index is 11.5. The summed E-state index contributed by atoms with van der Waals surface area (Å²) in [5.74, 6) is 0.401. The van der Waals surface area contributed by atoms with Crippen molar-refractivity contribution in [2.75, 3.05) is 13.7 Å². The highest BCUT2D eigenvalue weighted by atomic mass is 16.5. The van der Waals surface area contributed by atoms with E-state index < -0.39 is 6.04 Å². The minimum absolute atomic E-state index is 0.342. The molecule has 0 saturated heterocycles. The number of fused-ring (bicyclic) bond motifs is 1. The molecule has 3 N–H and O–H groups in total. The van der Waals surface area contributed by atoms with Gasteiger partial charge in [-0.25, -0.2) is 0 Å². The van der Waals surface area contributed by atoms with Crippen LogP contribution >= 0.6 is 0 Å². The summed E-state index contributed by atoms with van der Waals surface area (Å²) in [6.07, 6.45) is 2.30. The highest BCUT2D eigenvalue weighted by Gasteiger charge is 2.17. The van der Waals surface area contributed by atoms with Gasteiger partial charge in [-0.2, -0.15) is 0 Å². The third-order valence-corrected chi connectivity index (χ3v) is 3.00. The van der Waals surface area contributed by atoms with E-state index in [1.54, 1.807) is 14.0 Å². The van der Waals surface area contributed by atoms with Crippen LogP contribution in [-0.4, -0.2) is 30.7 Å². The smallest absolute Gasteiger partial charge is 0.323 e. The van der Waals surface area contributed by atoms with Crippen molar-refractivity contribution in [2.45, 2.75) is 19.4 Å². The first-order valence-corrected chi connectivity index (χ1v) is 6.22. The Labute approximate surface area is 111 Å². The topological polar surface area (TPSA) is 77.3 Å². The van der Waals surface area contributed by atoms with Gasteiger partial charge in [0.25, 0.3) is 0 Å². The first-order valence-electron chi connectivity index (χ1n) is 6.22. The van der Waals surface area contributed by atoms with Crippen molar-refractivity contribution in [3.8, 4) is 5.75 Å². The summed E-state index contributed by atoms with van der Waals surface area (Å²) in [5, 5.41) is 1.01. The standard InChI is InChI=1S/C14H18N2O3/c1-3-19-14(17)12(15)6-9-8-16-13-5-4-10(18-2)7-11(9)13/h4-5,7-8,12,16H,3,6,15H2,1-2H3. The van der Waals surface area contributed by atoms with Gasteiger partial charge in [0.05, 0.1) is 13.7 Å². The lowest BCUT2D eigenvalue weighted by Crippen LogP contribution is -2.34. The van der Waals surface area contributed by atoms with E-state index in [0.717, 1.165) is 22.2 Å². The minimum atomic E-state index is -0.648. The average molecular weight is 262 g/mol. The normalized spacial score (nSPS) is 12.4. The van der Waals surface area contributed by atoms with E-state index in [9.17, 15) is 4.79 Å². The maximum absolute atomic E-state index is 11.5.